The summed E-state index contributed by atoms with van der Waals surface area (Å²) in [6, 6.07) is 17.6. The first kappa shape index (κ1) is 16.7. The van der Waals surface area contributed by atoms with Gasteiger partial charge in [-0.2, -0.15) is 0 Å². The van der Waals surface area contributed by atoms with Gasteiger partial charge in [0.25, 0.3) is 0 Å². The summed E-state index contributed by atoms with van der Waals surface area (Å²) in [6.07, 6.45) is 7.74. The second kappa shape index (κ2) is 5.97. The highest BCUT2D eigenvalue weighted by Crippen LogP contribution is 2.57. The lowest BCUT2D eigenvalue weighted by molar-refractivity contribution is -0.176. The van der Waals surface area contributed by atoms with Crippen LogP contribution in [0.15, 0.2) is 48.5 Å². The van der Waals surface area contributed by atoms with Gasteiger partial charge < -0.3 is 4.74 Å². The summed E-state index contributed by atoms with van der Waals surface area (Å²) < 4.78 is 6.41. The normalized spacial score (nSPS) is 40.4. The Kier molecular flexibility index (Phi) is 3.43. The Morgan fingerprint density at radius 2 is 1.21 bits per heavy atom. The minimum Gasteiger partial charge on any atom is -0.462 e. The Labute approximate surface area is 172 Å². The second-order valence-electron chi connectivity index (χ2n) is 10.5. The third-order valence-electron chi connectivity index (χ3n) is 9.00. The summed E-state index contributed by atoms with van der Waals surface area (Å²) >= 11 is 0. The van der Waals surface area contributed by atoms with Gasteiger partial charge in [-0.1, -0.05) is 48.5 Å². The van der Waals surface area contributed by atoms with E-state index in [9.17, 15) is 4.79 Å². The number of rotatable bonds is 2. The lowest BCUT2D eigenvalue weighted by atomic mass is 9.55. The number of hydrogen-bond acceptors (Lipinski definition) is 2. The molecule has 9 rings (SSSR count). The molecule has 148 valence electrons. The van der Waals surface area contributed by atoms with Crippen molar-refractivity contribution in [2.24, 2.45) is 29.6 Å². The van der Waals surface area contributed by atoms with Gasteiger partial charge in [-0.3, -0.25) is 4.79 Å². The molecule has 2 nitrogen and oxygen atoms in total. The van der Waals surface area contributed by atoms with E-state index in [0.717, 1.165) is 18.3 Å². The van der Waals surface area contributed by atoms with Crippen LogP contribution in [0.5, 0.6) is 0 Å². The van der Waals surface area contributed by atoms with Gasteiger partial charge in [-0.05, 0) is 84.5 Å². The lowest BCUT2D eigenvalue weighted by Crippen LogP contribution is -2.51. The molecule has 0 aromatic heterocycles. The number of carbonyl (C=O) groups is 1. The first-order valence-electron chi connectivity index (χ1n) is 11.6. The topological polar surface area (TPSA) is 26.3 Å². The summed E-state index contributed by atoms with van der Waals surface area (Å²) in [7, 11) is 0. The van der Waals surface area contributed by atoms with Crippen molar-refractivity contribution in [1.29, 1.82) is 0 Å². The highest BCUT2D eigenvalue weighted by atomic mass is 16.5. The van der Waals surface area contributed by atoms with Crippen LogP contribution in [0.2, 0.25) is 0 Å². The summed E-state index contributed by atoms with van der Waals surface area (Å²) in [5.41, 5.74) is 5.56. The fourth-order valence-corrected chi connectivity index (χ4v) is 8.16. The van der Waals surface area contributed by atoms with Gasteiger partial charge in [0.05, 0.1) is 5.92 Å². The first-order chi connectivity index (χ1) is 14.3. The van der Waals surface area contributed by atoms with E-state index in [1.165, 1.54) is 54.4 Å². The molecule has 1 atom stereocenters. The molecule has 0 heterocycles. The van der Waals surface area contributed by atoms with E-state index >= 15 is 0 Å². The van der Waals surface area contributed by atoms with Crippen LogP contribution >= 0.6 is 0 Å². The molecule has 0 amide bonds. The van der Waals surface area contributed by atoms with Crippen molar-refractivity contribution in [2.45, 2.75) is 56.5 Å². The van der Waals surface area contributed by atoms with E-state index in [-0.39, 0.29) is 23.9 Å². The van der Waals surface area contributed by atoms with E-state index in [2.05, 4.69) is 48.5 Å². The average molecular weight is 385 g/mol. The lowest BCUT2D eigenvalue weighted by Gasteiger charge is -2.54. The van der Waals surface area contributed by atoms with E-state index < -0.39 is 0 Å². The van der Waals surface area contributed by atoms with E-state index in [4.69, 9.17) is 4.74 Å². The Balaban J connectivity index is 1.22. The highest BCUT2D eigenvalue weighted by Gasteiger charge is 2.52. The molecular formula is C27H28O2. The number of esters is 1. The predicted octanol–water partition coefficient (Wildman–Crippen LogP) is 5.65. The van der Waals surface area contributed by atoms with Crippen LogP contribution in [0, 0.1) is 29.6 Å². The van der Waals surface area contributed by atoms with Gasteiger partial charge in [-0.15, -0.1) is 0 Å². The molecular weight excluding hydrogens is 356 g/mol. The van der Waals surface area contributed by atoms with Crippen LogP contribution in [0.4, 0.5) is 0 Å². The van der Waals surface area contributed by atoms with Crippen molar-refractivity contribution in [2.75, 3.05) is 0 Å². The van der Waals surface area contributed by atoms with Crippen LogP contribution in [-0.2, 0) is 9.53 Å². The Morgan fingerprint density at radius 1 is 0.690 bits per heavy atom. The third-order valence-corrected chi connectivity index (χ3v) is 9.00. The van der Waals surface area contributed by atoms with Gasteiger partial charge in [0.2, 0.25) is 0 Å². The van der Waals surface area contributed by atoms with E-state index in [0.29, 0.717) is 17.8 Å². The van der Waals surface area contributed by atoms with Gasteiger partial charge in [0.15, 0.2) is 0 Å². The predicted molar refractivity (Wildman–Crippen MR) is 112 cm³/mol. The summed E-state index contributed by atoms with van der Waals surface area (Å²) in [5, 5.41) is 0. The fourth-order valence-electron chi connectivity index (χ4n) is 8.16. The molecule has 7 aliphatic carbocycles. The van der Waals surface area contributed by atoms with Crippen molar-refractivity contribution >= 4 is 5.97 Å². The minimum atomic E-state index is -0.0259. The zero-order valence-electron chi connectivity index (χ0n) is 16.8. The first-order valence-corrected chi connectivity index (χ1v) is 11.6. The molecule has 0 aliphatic heterocycles. The van der Waals surface area contributed by atoms with Gasteiger partial charge >= 0.3 is 5.97 Å². The Hall–Kier alpha value is -2.09. The monoisotopic (exact) mass is 384 g/mol. The molecule has 1 unspecified atom stereocenters. The zero-order valence-corrected chi connectivity index (χ0v) is 16.8. The molecule has 2 heteroatoms. The van der Waals surface area contributed by atoms with Crippen molar-refractivity contribution < 1.29 is 9.53 Å². The van der Waals surface area contributed by atoms with Crippen molar-refractivity contribution in [3.05, 3.63) is 70.8 Å². The SMILES string of the molecule is O=C(OC1C2CC3CC(C2)CC1C3)C1CC2c3ccccc3C1c1ccccc12. The molecule has 7 aliphatic rings. The van der Waals surface area contributed by atoms with Crippen LogP contribution in [0.3, 0.4) is 0 Å². The maximum atomic E-state index is 13.6. The zero-order chi connectivity index (χ0) is 19.1. The van der Waals surface area contributed by atoms with Crippen molar-refractivity contribution in [3.8, 4) is 0 Å². The number of carbonyl (C=O) groups excluding carboxylic acids is 1. The van der Waals surface area contributed by atoms with Crippen LogP contribution < -0.4 is 0 Å². The van der Waals surface area contributed by atoms with Crippen LogP contribution in [-0.4, -0.2) is 12.1 Å². The van der Waals surface area contributed by atoms with Crippen LogP contribution in [0.1, 0.15) is 72.6 Å². The van der Waals surface area contributed by atoms with E-state index in [1.807, 2.05) is 0 Å². The van der Waals surface area contributed by atoms with Crippen molar-refractivity contribution in [1.82, 2.24) is 0 Å². The van der Waals surface area contributed by atoms with Gasteiger partial charge in [0.1, 0.15) is 6.10 Å². The summed E-state index contributed by atoms with van der Waals surface area (Å²) in [4.78, 5) is 13.6. The molecule has 29 heavy (non-hydrogen) atoms. The Bertz CT molecular complexity index is 916. The molecule has 2 aromatic rings. The highest BCUT2D eigenvalue weighted by molar-refractivity contribution is 5.78. The molecule has 0 N–H and O–H groups in total. The second-order valence-corrected chi connectivity index (χ2v) is 10.5. The summed E-state index contributed by atoms with van der Waals surface area (Å²) in [6.45, 7) is 0. The molecule has 0 spiro atoms. The van der Waals surface area contributed by atoms with Gasteiger partial charge in [-0.25, -0.2) is 0 Å². The number of hydrogen-bond donors (Lipinski definition) is 0. The number of ether oxygens (including phenoxy) is 1. The Morgan fingerprint density at radius 3 is 1.76 bits per heavy atom. The number of fused-ring (bicyclic) bond motifs is 1. The molecule has 4 fully saturated rings. The molecule has 0 radical (unpaired) electrons. The van der Waals surface area contributed by atoms with Gasteiger partial charge in [0, 0.05) is 11.8 Å². The fraction of sp³-hybridized carbons (Fsp3) is 0.519. The molecule has 4 saturated carbocycles. The van der Waals surface area contributed by atoms with Crippen LogP contribution in [0.25, 0.3) is 0 Å². The van der Waals surface area contributed by atoms with Crippen molar-refractivity contribution in [3.63, 3.8) is 0 Å². The smallest absolute Gasteiger partial charge is 0.310 e. The largest absolute Gasteiger partial charge is 0.462 e. The quantitative estimate of drug-likeness (QED) is 0.625. The standard InChI is InChI=1S/C27H28O2/c28-27(29-26-17-10-15-9-16(12-17)13-18(26)11-15)24-14-23-19-5-1-3-7-21(19)25(24)22-8-4-2-6-20(22)23/h1-8,15-18,23-26H,9-14H2. The molecule has 2 aromatic carbocycles. The summed E-state index contributed by atoms with van der Waals surface area (Å²) in [5.74, 6) is 3.66. The maximum absolute atomic E-state index is 13.6. The minimum absolute atomic E-state index is 0.0259. The molecule has 6 bridgehead atoms. The average Bonchev–Trinajstić information content (AvgIpc) is 2.75. The number of benzene rings is 2. The maximum Gasteiger partial charge on any atom is 0.310 e. The molecule has 0 saturated heterocycles. The van der Waals surface area contributed by atoms with E-state index in [1.54, 1.807) is 0 Å². The third kappa shape index (κ3) is 2.32.